The molecule has 3 aromatic rings. The predicted molar refractivity (Wildman–Crippen MR) is 85.2 cm³/mol. The molecule has 21 heavy (non-hydrogen) atoms. The van der Waals surface area contributed by atoms with Crippen LogP contribution in [0.25, 0.3) is 10.9 Å². The van der Waals surface area contributed by atoms with Crippen molar-refractivity contribution in [3.8, 4) is 0 Å². The summed E-state index contributed by atoms with van der Waals surface area (Å²) in [5, 5.41) is 1.33. The van der Waals surface area contributed by atoms with E-state index in [2.05, 4.69) is 28.8 Å². The quantitative estimate of drug-likeness (QED) is 0.776. The Hall–Kier alpha value is -1.84. The first-order valence-electron chi connectivity index (χ1n) is 6.89. The van der Waals surface area contributed by atoms with E-state index in [1.165, 1.54) is 17.0 Å². The van der Waals surface area contributed by atoms with Crippen LogP contribution in [0.5, 0.6) is 0 Å². The summed E-state index contributed by atoms with van der Waals surface area (Å²) in [4.78, 5) is 0. The fourth-order valence-electron chi connectivity index (χ4n) is 2.54. The fourth-order valence-corrected chi connectivity index (χ4v) is 2.66. The van der Waals surface area contributed by atoms with Crippen molar-refractivity contribution >= 4 is 22.5 Å². The van der Waals surface area contributed by atoms with Crippen molar-refractivity contribution < 1.29 is 4.39 Å². The van der Waals surface area contributed by atoms with Gasteiger partial charge in [-0.15, -0.1) is 0 Å². The average Bonchev–Trinajstić information content (AvgIpc) is 2.86. The van der Waals surface area contributed by atoms with Crippen molar-refractivity contribution in [3.63, 3.8) is 0 Å². The number of benzene rings is 2. The highest BCUT2D eigenvalue weighted by Gasteiger charge is 2.05. The normalized spacial score (nSPS) is 11.2. The molecule has 0 fully saturated rings. The van der Waals surface area contributed by atoms with Crippen LogP contribution in [0.2, 0.25) is 5.02 Å². The molecule has 0 aliphatic rings. The highest BCUT2D eigenvalue weighted by molar-refractivity contribution is 6.30. The van der Waals surface area contributed by atoms with E-state index < -0.39 is 0 Å². The van der Waals surface area contributed by atoms with Crippen molar-refractivity contribution in [1.82, 2.24) is 4.57 Å². The standard InChI is InChI=1S/C17H16ClFN2/c18-15-3-1-13(10-16(15)19)11-21-8-6-14-9-12(5-7-20)2-4-17(14)21/h1-4,6,8-10H,5,7,11,20H2. The van der Waals surface area contributed by atoms with Gasteiger partial charge in [0.1, 0.15) is 5.82 Å². The molecule has 0 saturated heterocycles. The molecule has 0 bridgehead atoms. The molecule has 1 heterocycles. The van der Waals surface area contributed by atoms with Crippen LogP contribution >= 0.6 is 11.6 Å². The molecule has 0 aliphatic heterocycles. The van der Waals surface area contributed by atoms with Crippen LogP contribution in [-0.2, 0) is 13.0 Å². The summed E-state index contributed by atoms with van der Waals surface area (Å²) >= 11 is 5.71. The average molecular weight is 303 g/mol. The maximum Gasteiger partial charge on any atom is 0.142 e. The van der Waals surface area contributed by atoms with Crippen molar-refractivity contribution in [1.29, 1.82) is 0 Å². The Morgan fingerprint density at radius 3 is 2.62 bits per heavy atom. The lowest BCUT2D eigenvalue weighted by Crippen LogP contribution is -2.02. The van der Waals surface area contributed by atoms with Gasteiger partial charge in [-0.2, -0.15) is 0 Å². The predicted octanol–water partition coefficient (Wildman–Crippen LogP) is 3.98. The molecular weight excluding hydrogens is 287 g/mol. The van der Waals surface area contributed by atoms with Gasteiger partial charge in [-0.05, 0) is 59.8 Å². The lowest BCUT2D eigenvalue weighted by atomic mass is 10.1. The highest BCUT2D eigenvalue weighted by Crippen LogP contribution is 2.21. The van der Waals surface area contributed by atoms with E-state index in [0.717, 1.165) is 17.5 Å². The molecule has 3 rings (SSSR count). The third kappa shape index (κ3) is 2.94. The Morgan fingerprint density at radius 2 is 1.86 bits per heavy atom. The molecule has 0 unspecified atom stereocenters. The van der Waals surface area contributed by atoms with Gasteiger partial charge >= 0.3 is 0 Å². The number of hydrogen-bond donors (Lipinski definition) is 1. The minimum absolute atomic E-state index is 0.155. The van der Waals surface area contributed by atoms with Crippen LogP contribution in [0.3, 0.4) is 0 Å². The zero-order valence-electron chi connectivity index (χ0n) is 11.5. The molecule has 2 N–H and O–H groups in total. The summed E-state index contributed by atoms with van der Waals surface area (Å²) in [6.45, 7) is 1.27. The maximum atomic E-state index is 13.5. The minimum atomic E-state index is -0.379. The highest BCUT2D eigenvalue weighted by atomic mass is 35.5. The molecule has 0 atom stereocenters. The molecule has 0 spiro atoms. The van der Waals surface area contributed by atoms with Crippen LogP contribution in [0.1, 0.15) is 11.1 Å². The maximum absolute atomic E-state index is 13.5. The molecule has 108 valence electrons. The van der Waals surface area contributed by atoms with Crippen LogP contribution in [0, 0.1) is 5.82 Å². The number of rotatable bonds is 4. The van der Waals surface area contributed by atoms with E-state index in [4.69, 9.17) is 17.3 Å². The molecule has 1 aromatic heterocycles. The van der Waals surface area contributed by atoms with E-state index in [0.29, 0.717) is 13.1 Å². The molecule has 0 saturated carbocycles. The Morgan fingerprint density at radius 1 is 1.05 bits per heavy atom. The lowest BCUT2D eigenvalue weighted by molar-refractivity contribution is 0.624. The van der Waals surface area contributed by atoms with Gasteiger partial charge < -0.3 is 10.3 Å². The molecule has 0 radical (unpaired) electrons. The first-order valence-corrected chi connectivity index (χ1v) is 7.27. The second-order valence-corrected chi connectivity index (χ2v) is 5.53. The molecule has 2 nitrogen and oxygen atoms in total. The number of aromatic nitrogens is 1. The van der Waals surface area contributed by atoms with Crippen LogP contribution in [-0.4, -0.2) is 11.1 Å². The summed E-state index contributed by atoms with van der Waals surface area (Å²) < 4.78 is 15.6. The van der Waals surface area contributed by atoms with Gasteiger partial charge in [-0.1, -0.05) is 23.7 Å². The monoisotopic (exact) mass is 302 g/mol. The Balaban J connectivity index is 1.91. The Bertz CT molecular complexity index is 780. The third-order valence-corrected chi connectivity index (χ3v) is 3.91. The van der Waals surface area contributed by atoms with Gasteiger partial charge in [0, 0.05) is 18.3 Å². The number of fused-ring (bicyclic) bond motifs is 1. The molecular formula is C17H16ClFN2. The van der Waals surface area contributed by atoms with E-state index in [9.17, 15) is 4.39 Å². The van der Waals surface area contributed by atoms with E-state index in [1.807, 2.05) is 12.3 Å². The first-order chi connectivity index (χ1) is 10.2. The first kappa shape index (κ1) is 14.1. The van der Waals surface area contributed by atoms with Crippen LogP contribution < -0.4 is 5.73 Å². The second kappa shape index (κ2) is 5.88. The number of nitrogens with two attached hydrogens (primary N) is 1. The van der Waals surface area contributed by atoms with E-state index in [-0.39, 0.29) is 10.8 Å². The fraction of sp³-hybridized carbons (Fsp3) is 0.176. The molecule has 0 amide bonds. The summed E-state index contributed by atoms with van der Waals surface area (Å²) in [7, 11) is 0. The summed E-state index contributed by atoms with van der Waals surface area (Å²) in [5.41, 5.74) is 8.84. The van der Waals surface area contributed by atoms with Crippen molar-refractivity contribution in [2.75, 3.05) is 6.54 Å². The van der Waals surface area contributed by atoms with E-state index in [1.54, 1.807) is 6.07 Å². The second-order valence-electron chi connectivity index (χ2n) is 5.12. The van der Waals surface area contributed by atoms with Crippen molar-refractivity contribution in [2.45, 2.75) is 13.0 Å². The zero-order chi connectivity index (χ0) is 14.8. The summed E-state index contributed by atoms with van der Waals surface area (Å²) in [5.74, 6) is -0.379. The molecule has 4 heteroatoms. The van der Waals surface area contributed by atoms with Gasteiger partial charge in [0.05, 0.1) is 5.02 Å². The number of hydrogen-bond acceptors (Lipinski definition) is 1. The van der Waals surface area contributed by atoms with Gasteiger partial charge in [-0.3, -0.25) is 0 Å². The smallest absolute Gasteiger partial charge is 0.142 e. The third-order valence-electron chi connectivity index (χ3n) is 3.61. The zero-order valence-corrected chi connectivity index (χ0v) is 12.3. The summed E-state index contributed by atoms with van der Waals surface area (Å²) in [6.07, 6.45) is 2.90. The summed E-state index contributed by atoms with van der Waals surface area (Å²) in [6, 6.07) is 13.3. The topological polar surface area (TPSA) is 30.9 Å². The molecule has 2 aromatic carbocycles. The van der Waals surface area contributed by atoms with E-state index >= 15 is 0 Å². The Labute approximate surface area is 127 Å². The van der Waals surface area contributed by atoms with Gasteiger partial charge in [0.2, 0.25) is 0 Å². The number of nitrogens with zero attached hydrogens (tertiary/aromatic N) is 1. The van der Waals surface area contributed by atoms with Gasteiger partial charge in [-0.25, -0.2) is 4.39 Å². The molecule has 0 aliphatic carbocycles. The Kier molecular flexibility index (Phi) is 3.95. The van der Waals surface area contributed by atoms with Crippen LogP contribution in [0.4, 0.5) is 4.39 Å². The van der Waals surface area contributed by atoms with Crippen molar-refractivity contribution in [2.24, 2.45) is 5.73 Å². The SMILES string of the molecule is NCCc1ccc2c(ccn2Cc2ccc(Cl)c(F)c2)c1. The lowest BCUT2D eigenvalue weighted by Gasteiger charge is -2.07. The number of halogens is 2. The van der Waals surface area contributed by atoms with Crippen molar-refractivity contribution in [3.05, 3.63) is 70.6 Å². The van der Waals surface area contributed by atoms with Crippen LogP contribution in [0.15, 0.2) is 48.7 Å². The minimum Gasteiger partial charge on any atom is -0.343 e. The largest absolute Gasteiger partial charge is 0.343 e. The van der Waals surface area contributed by atoms with Gasteiger partial charge in [0.15, 0.2) is 0 Å². The van der Waals surface area contributed by atoms with Gasteiger partial charge in [0.25, 0.3) is 0 Å².